The molecule has 0 saturated heterocycles. The van der Waals surface area contributed by atoms with Gasteiger partial charge in [0.15, 0.2) is 0 Å². The number of phenols is 1. The molecule has 0 amide bonds. The van der Waals surface area contributed by atoms with Gasteiger partial charge in [0.2, 0.25) is 0 Å². The second-order valence-corrected chi connectivity index (χ2v) is 7.22. The molecule has 112 valence electrons. The lowest BCUT2D eigenvalue weighted by Crippen LogP contribution is -2.46. The summed E-state index contributed by atoms with van der Waals surface area (Å²) >= 11 is 6.30. The molecule has 2 nitrogen and oxygen atoms in total. The number of phenolic OH excluding ortho intramolecular Hbond substituents is 1. The fraction of sp³-hybridized carbons (Fsp3) is 0.444. The first-order chi connectivity index (χ1) is 9.86. The molecule has 2 atom stereocenters. The lowest BCUT2D eigenvalue weighted by atomic mass is 9.92. The fourth-order valence-electron chi connectivity index (χ4n) is 3.77. The normalized spacial score (nSPS) is 21.9. The predicted molar refractivity (Wildman–Crippen MR) is 90.8 cm³/mol. The molecular formula is C18H22ClNO. The van der Waals surface area contributed by atoms with Gasteiger partial charge >= 0.3 is 0 Å². The summed E-state index contributed by atoms with van der Waals surface area (Å²) < 4.78 is 0. The molecule has 0 bridgehead atoms. The average molecular weight is 304 g/mol. The van der Waals surface area contributed by atoms with Crippen molar-refractivity contribution in [3.05, 3.63) is 35.9 Å². The van der Waals surface area contributed by atoms with E-state index in [0.29, 0.717) is 17.7 Å². The van der Waals surface area contributed by atoms with Crippen LogP contribution in [0.25, 0.3) is 10.8 Å². The molecule has 0 radical (unpaired) electrons. The van der Waals surface area contributed by atoms with Gasteiger partial charge in [-0.1, -0.05) is 24.3 Å². The zero-order valence-electron chi connectivity index (χ0n) is 13.0. The van der Waals surface area contributed by atoms with E-state index in [2.05, 4.69) is 38.7 Å². The maximum absolute atomic E-state index is 10.4. The second kappa shape index (κ2) is 4.81. The minimum absolute atomic E-state index is 0.0100. The van der Waals surface area contributed by atoms with E-state index >= 15 is 0 Å². The standard InChI is InChI=1S/C18H22ClNO/c1-11-14(10-19)17-13-8-6-5-7-12(13)16(21)9-15(17)20(11)18(2,3)4/h5-9,11,14,21H,10H2,1-4H3/t11-,14?/m0/s1. The number of aromatic hydroxyl groups is 1. The number of hydrogen-bond donors (Lipinski definition) is 1. The Morgan fingerprint density at radius 2 is 1.81 bits per heavy atom. The van der Waals surface area contributed by atoms with Gasteiger partial charge in [-0.2, -0.15) is 0 Å². The molecule has 1 aliphatic rings. The second-order valence-electron chi connectivity index (χ2n) is 6.92. The van der Waals surface area contributed by atoms with Crippen LogP contribution in [0.3, 0.4) is 0 Å². The van der Waals surface area contributed by atoms with Crippen LogP contribution < -0.4 is 4.90 Å². The van der Waals surface area contributed by atoms with Gasteiger partial charge in [0.05, 0.1) is 0 Å². The van der Waals surface area contributed by atoms with Crippen LogP contribution in [0.2, 0.25) is 0 Å². The Hall–Kier alpha value is -1.41. The Bertz CT molecular complexity index is 689. The van der Waals surface area contributed by atoms with Crippen molar-refractivity contribution in [2.75, 3.05) is 10.8 Å². The van der Waals surface area contributed by atoms with Crippen molar-refractivity contribution in [3.63, 3.8) is 0 Å². The SMILES string of the molecule is C[C@H]1C(CCl)c2c(cc(O)c3ccccc23)N1C(C)(C)C. The maximum atomic E-state index is 10.4. The van der Waals surface area contributed by atoms with E-state index in [1.54, 1.807) is 0 Å². The van der Waals surface area contributed by atoms with Crippen molar-refractivity contribution in [3.8, 4) is 5.75 Å². The van der Waals surface area contributed by atoms with Gasteiger partial charge in [-0.25, -0.2) is 0 Å². The molecule has 1 aliphatic heterocycles. The minimum Gasteiger partial charge on any atom is -0.507 e. The maximum Gasteiger partial charge on any atom is 0.125 e. The number of benzene rings is 2. The third-order valence-corrected chi connectivity index (χ3v) is 4.88. The molecule has 0 saturated carbocycles. The molecule has 0 aromatic heterocycles. The zero-order valence-corrected chi connectivity index (χ0v) is 13.8. The summed E-state index contributed by atoms with van der Waals surface area (Å²) in [6.07, 6.45) is 0. The van der Waals surface area contributed by atoms with Crippen LogP contribution in [-0.4, -0.2) is 22.6 Å². The third-order valence-electron chi connectivity index (χ3n) is 4.55. The highest BCUT2D eigenvalue weighted by Gasteiger charge is 2.41. The van der Waals surface area contributed by atoms with E-state index in [1.165, 1.54) is 5.56 Å². The molecule has 3 rings (SSSR count). The molecular weight excluding hydrogens is 282 g/mol. The first-order valence-electron chi connectivity index (χ1n) is 7.46. The summed E-state index contributed by atoms with van der Waals surface area (Å²) in [4.78, 5) is 2.39. The van der Waals surface area contributed by atoms with E-state index in [0.717, 1.165) is 16.5 Å². The molecule has 0 spiro atoms. The number of fused-ring (bicyclic) bond motifs is 3. The smallest absolute Gasteiger partial charge is 0.125 e. The van der Waals surface area contributed by atoms with E-state index < -0.39 is 0 Å². The minimum atomic E-state index is -0.0100. The lowest BCUT2D eigenvalue weighted by molar-refractivity contribution is 0.445. The van der Waals surface area contributed by atoms with Gasteiger partial charge in [0.1, 0.15) is 5.75 Å². The molecule has 1 heterocycles. The summed E-state index contributed by atoms with van der Waals surface area (Å²) in [5.74, 6) is 1.22. The van der Waals surface area contributed by atoms with Crippen molar-refractivity contribution in [1.82, 2.24) is 0 Å². The fourth-order valence-corrected chi connectivity index (χ4v) is 4.18. The summed E-state index contributed by atoms with van der Waals surface area (Å²) in [6, 6.07) is 10.3. The van der Waals surface area contributed by atoms with Crippen LogP contribution in [0, 0.1) is 0 Å². The Morgan fingerprint density at radius 3 is 2.38 bits per heavy atom. The Kier molecular flexibility index (Phi) is 3.32. The van der Waals surface area contributed by atoms with Gasteiger partial charge in [0, 0.05) is 40.5 Å². The summed E-state index contributed by atoms with van der Waals surface area (Å²) in [6.45, 7) is 8.84. The van der Waals surface area contributed by atoms with Crippen LogP contribution in [-0.2, 0) is 0 Å². The highest BCUT2D eigenvalue weighted by Crippen LogP contribution is 2.50. The van der Waals surface area contributed by atoms with E-state index in [1.807, 2.05) is 24.3 Å². The van der Waals surface area contributed by atoms with Crippen LogP contribution in [0.4, 0.5) is 5.69 Å². The van der Waals surface area contributed by atoms with E-state index in [4.69, 9.17) is 11.6 Å². The van der Waals surface area contributed by atoms with Crippen LogP contribution >= 0.6 is 11.6 Å². The topological polar surface area (TPSA) is 23.5 Å². The van der Waals surface area contributed by atoms with Gasteiger partial charge < -0.3 is 10.0 Å². The largest absolute Gasteiger partial charge is 0.507 e. The average Bonchev–Trinajstić information content (AvgIpc) is 2.70. The van der Waals surface area contributed by atoms with Gasteiger partial charge in [-0.3, -0.25) is 0 Å². The van der Waals surface area contributed by atoms with Crippen molar-refractivity contribution < 1.29 is 5.11 Å². The van der Waals surface area contributed by atoms with Crippen LogP contribution in [0.5, 0.6) is 5.75 Å². The Labute approximate surface area is 131 Å². The quantitative estimate of drug-likeness (QED) is 0.759. The highest BCUT2D eigenvalue weighted by molar-refractivity contribution is 6.19. The lowest BCUT2D eigenvalue weighted by Gasteiger charge is -2.39. The Balaban J connectivity index is 2.36. The Morgan fingerprint density at radius 1 is 1.19 bits per heavy atom. The first-order valence-corrected chi connectivity index (χ1v) is 7.99. The number of nitrogens with zero attached hydrogens (tertiary/aromatic N) is 1. The van der Waals surface area contributed by atoms with Crippen molar-refractivity contribution in [1.29, 1.82) is 0 Å². The molecule has 1 unspecified atom stereocenters. The highest BCUT2D eigenvalue weighted by atomic mass is 35.5. The van der Waals surface area contributed by atoms with Gasteiger partial charge in [-0.15, -0.1) is 11.6 Å². The third kappa shape index (κ3) is 2.08. The van der Waals surface area contributed by atoms with Crippen molar-refractivity contribution in [2.45, 2.75) is 45.2 Å². The summed E-state index contributed by atoms with van der Waals surface area (Å²) in [5, 5.41) is 12.4. The summed E-state index contributed by atoms with van der Waals surface area (Å²) in [7, 11) is 0. The van der Waals surface area contributed by atoms with E-state index in [-0.39, 0.29) is 11.5 Å². The van der Waals surface area contributed by atoms with Crippen molar-refractivity contribution in [2.24, 2.45) is 0 Å². The first kappa shape index (κ1) is 14.5. The number of anilines is 1. The molecule has 0 fully saturated rings. The molecule has 1 N–H and O–H groups in total. The number of rotatable bonds is 1. The van der Waals surface area contributed by atoms with Crippen LogP contribution in [0.1, 0.15) is 39.2 Å². The molecule has 2 aromatic carbocycles. The van der Waals surface area contributed by atoms with Crippen LogP contribution in [0.15, 0.2) is 30.3 Å². The van der Waals surface area contributed by atoms with Crippen molar-refractivity contribution >= 4 is 28.1 Å². The monoisotopic (exact) mass is 303 g/mol. The van der Waals surface area contributed by atoms with Gasteiger partial charge in [0.25, 0.3) is 0 Å². The summed E-state index contributed by atoms with van der Waals surface area (Å²) in [5.41, 5.74) is 2.39. The predicted octanol–water partition coefficient (Wildman–Crippen LogP) is 4.87. The zero-order chi connectivity index (χ0) is 15.4. The molecule has 0 aliphatic carbocycles. The van der Waals surface area contributed by atoms with Gasteiger partial charge in [-0.05, 0) is 38.6 Å². The number of halogens is 1. The molecule has 2 aromatic rings. The number of hydrogen-bond acceptors (Lipinski definition) is 2. The molecule has 21 heavy (non-hydrogen) atoms. The van der Waals surface area contributed by atoms with E-state index in [9.17, 15) is 5.11 Å². The number of alkyl halides is 1. The molecule has 3 heteroatoms.